The Hall–Kier alpha value is -1.56. The van der Waals surface area contributed by atoms with Crippen LogP contribution in [0.4, 0.5) is 0 Å². The normalized spacial score (nSPS) is 15.8. The van der Waals surface area contributed by atoms with Gasteiger partial charge in [-0.2, -0.15) is 0 Å². The highest BCUT2D eigenvalue weighted by atomic mass is 14.1. The highest BCUT2D eigenvalue weighted by molar-refractivity contribution is 5.80. The summed E-state index contributed by atoms with van der Waals surface area (Å²) in [5, 5.41) is 0. The molecule has 2 rings (SSSR count). The van der Waals surface area contributed by atoms with E-state index in [-0.39, 0.29) is 0 Å². The molecule has 0 fully saturated rings. The molecule has 0 aliphatic heterocycles. The summed E-state index contributed by atoms with van der Waals surface area (Å²) in [5.74, 6) is 0. The lowest BCUT2D eigenvalue weighted by molar-refractivity contribution is 1.33. The summed E-state index contributed by atoms with van der Waals surface area (Å²) in [6.45, 7) is 2.10. The second-order valence-electron chi connectivity index (χ2n) is 3.39. The van der Waals surface area contributed by atoms with Crippen LogP contribution in [0.3, 0.4) is 0 Å². The van der Waals surface area contributed by atoms with E-state index in [0.717, 1.165) is 6.42 Å². The maximum absolute atomic E-state index is 2.20. The molecule has 1 aliphatic rings. The van der Waals surface area contributed by atoms with E-state index in [4.69, 9.17) is 0 Å². The van der Waals surface area contributed by atoms with Crippen molar-refractivity contribution in [3.05, 3.63) is 65.8 Å². The third-order valence-electron chi connectivity index (χ3n) is 2.49. The van der Waals surface area contributed by atoms with Crippen molar-refractivity contribution in [1.82, 2.24) is 0 Å². The Bertz CT molecular complexity index is 391. The first kappa shape index (κ1) is 9.01. The number of hydrogen-bond donors (Lipinski definition) is 0. The Morgan fingerprint density at radius 3 is 2.57 bits per heavy atom. The fraction of sp³-hybridized carbons (Fsp3) is 0.143. The minimum atomic E-state index is 1.06. The van der Waals surface area contributed by atoms with Gasteiger partial charge in [0.25, 0.3) is 0 Å². The van der Waals surface area contributed by atoms with Crippen molar-refractivity contribution in [2.24, 2.45) is 0 Å². The van der Waals surface area contributed by atoms with E-state index in [1.165, 1.54) is 16.7 Å². The van der Waals surface area contributed by atoms with Gasteiger partial charge in [-0.1, -0.05) is 54.6 Å². The van der Waals surface area contributed by atoms with E-state index < -0.39 is 0 Å². The molecule has 0 aromatic heterocycles. The molecule has 0 N–H and O–H groups in total. The first-order chi connectivity index (χ1) is 6.92. The van der Waals surface area contributed by atoms with Crippen LogP contribution in [0.2, 0.25) is 0 Å². The predicted molar refractivity (Wildman–Crippen MR) is 61.9 cm³/mol. The first-order valence-corrected chi connectivity index (χ1v) is 4.99. The molecule has 70 valence electrons. The molecule has 0 spiro atoms. The minimum absolute atomic E-state index is 1.06. The van der Waals surface area contributed by atoms with Crippen molar-refractivity contribution in [3.63, 3.8) is 0 Å². The van der Waals surface area contributed by atoms with Crippen LogP contribution in [0.1, 0.15) is 18.9 Å². The first-order valence-electron chi connectivity index (χ1n) is 4.99. The monoisotopic (exact) mass is 182 g/mol. The van der Waals surface area contributed by atoms with Crippen LogP contribution in [0.15, 0.2) is 60.2 Å². The maximum atomic E-state index is 2.20. The molecule has 0 amide bonds. The number of allylic oxidation sites excluding steroid dienone is 6. The topological polar surface area (TPSA) is 0 Å². The highest BCUT2D eigenvalue weighted by Gasteiger charge is 2.06. The van der Waals surface area contributed by atoms with Gasteiger partial charge in [0.1, 0.15) is 0 Å². The Balaban J connectivity index is 2.32. The van der Waals surface area contributed by atoms with E-state index in [1.807, 2.05) is 0 Å². The molecule has 0 heteroatoms. The van der Waals surface area contributed by atoms with Crippen LogP contribution in [0, 0.1) is 0 Å². The smallest absolute Gasteiger partial charge is 0.00883 e. The Morgan fingerprint density at radius 2 is 2.00 bits per heavy atom. The van der Waals surface area contributed by atoms with Gasteiger partial charge in [0.15, 0.2) is 0 Å². The largest absolute Gasteiger partial charge is 0.0801 e. The van der Waals surface area contributed by atoms with Gasteiger partial charge < -0.3 is 0 Å². The summed E-state index contributed by atoms with van der Waals surface area (Å²) in [4.78, 5) is 0. The lowest BCUT2D eigenvalue weighted by Gasteiger charge is -2.07. The van der Waals surface area contributed by atoms with E-state index in [9.17, 15) is 0 Å². The Labute approximate surface area is 85.3 Å². The van der Waals surface area contributed by atoms with E-state index >= 15 is 0 Å². The van der Waals surface area contributed by atoms with Crippen molar-refractivity contribution in [1.29, 1.82) is 0 Å². The number of benzene rings is 1. The summed E-state index contributed by atoms with van der Waals surface area (Å²) in [7, 11) is 0. The molecule has 0 atom stereocenters. The van der Waals surface area contributed by atoms with Gasteiger partial charge in [0, 0.05) is 0 Å². The van der Waals surface area contributed by atoms with Gasteiger partial charge in [-0.3, -0.25) is 0 Å². The molecular formula is C14H14. The molecule has 0 saturated carbocycles. The van der Waals surface area contributed by atoms with Crippen LogP contribution < -0.4 is 0 Å². The van der Waals surface area contributed by atoms with Crippen LogP contribution in [0.5, 0.6) is 0 Å². The molecule has 0 heterocycles. The fourth-order valence-corrected chi connectivity index (χ4v) is 1.80. The van der Waals surface area contributed by atoms with Crippen molar-refractivity contribution in [3.8, 4) is 0 Å². The SMILES string of the molecule is C/C=C(/C1=CC=CC1)c1ccccc1. The molecule has 0 bridgehead atoms. The summed E-state index contributed by atoms with van der Waals surface area (Å²) >= 11 is 0. The molecule has 0 nitrogen and oxygen atoms in total. The lowest BCUT2D eigenvalue weighted by atomic mass is 9.97. The van der Waals surface area contributed by atoms with Crippen LogP contribution in [-0.4, -0.2) is 0 Å². The third kappa shape index (κ3) is 1.69. The minimum Gasteiger partial charge on any atom is -0.0801 e. The summed E-state index contributed by atoms with van der Waals surface area (Å²) in [6.07, 6.45) is 9.77. The van der Waals surface area contributed by atoms with Crippen molar-refractivity contribution in [2.45, 2.75) is 13.3 Å². The fourth-order valence-electron chi connectivity index (χ4n) is 1.80. The van der Waals surface area contributed by atoms with Gasteiger partial charge in [-0.05, 0) is 30.1 Å². The van der Waals surface area contributed by atoms with Crippen molar-refractivity contribution >= 4 is 5.57 Å². The van der Waals surface area contributed by atoms with Crippen molar-refractivity contribution < 1.29 is 0 Å². The van der Waals surface area contributed by atoms with E-state index in [2.05, 4.69) is 61.6 Å². The quantitative estimate of drug-likeness (QED) is 0.649. The molecule has 1 aromatic carbocycles. The number of hydrogen-bond acceptors (Lipinski definition) is 0. The van der Waals surface area contributed by atoms with Crippen LogP contribution in [0.25, 0.3) is 5.57 Å². The molecule has 0 radical (unpaired) electrons. The molecular weight excluding hydrogens is 168 g/mol. The molecule has 1 aromatic rings. The number of rotatable bonds is 2. The van der Waals surface area contributed by atoms with E-state index in [0.29, 0.717) is 0 Å². The Kier molecular flexibility index (Phi) is 2.64. The van der Waals surface area contributed by atoms with Gasteiger partial charge in [0.2, 0.25) is 0 Å². The zero-order chi connectivity index (χ0) is 9.80. The predicted octanol–water partition coefficient (Wildman–Crippen LogP) is 3.98. The van der Waals surface area contributed by atoms with Gasteiger partial charge in [-0.25, -0.2) is 0 Å². The summed E-state index contributed by atoms with van der Waals surface area (Å²) < 4.78 is 0. The van der Waals surface area contributed by atoms with Crippen LogP contribution >= 0.6 is 0 Å². The summed E-state index contributed by atoms with van der Waals surface area (Å²) in [5.41, 5.74) is 4.08. The molecule has 0 unspecified atom stereocenters. The standard InChI is InChI=1S/C14H14/c1-2-14(13-10-6-7-11-13)12-8-4-3-5-9-12/h2-10H,11H2,1H3/b14-2+. The highest BCUT2D eigenvalue weighted by Crippen LogP contribution is 2.28. The van der Waals surface area contributed by atoms with Gasteiger partial charge in [0.05, 0.1) is 0 Å². The molecule has 1 aliphatic carbocycles. The zero-order valence-electron chi connectivity index (χ0n) is 8.40. The second-order valence-corrected chi connectivity index (χ2v) is 3.39. The average Bonchev–Trinajstić information content (AvgIpc) is 2.74. The summed E-state index contributed by atoms with van der Waals surface area (Å²) in [6, 6.07) is 10.5. The van der Waals surface area contributed by atoms with Crippen molar-refractivity contribution in [2.75, 3.05) is 0 Å². The van der Waals surface area contributed by atoms with Crippen LogP contribution in [-0.2, 0) is 0 Å². The zero-order valence-corrected chi connectivity index (χ0v) is 8.40. The Morgan fingerprint density at radius 1 is 1.21 bits per heavy atom. The maximum Gasteiger partial charge on any atom is -0.00883 e. The lowest BCUT2D eigenvalue weighted by Crippen LogP contribution is -1.86. The molecule has 0 saturated heterocycles. The second kappa shape index (κ2) is 4.10. The third-order valence-corrected chi connectivity index (χ3v) is 2.49. The van der Waals surface area contributed by atoms with Gasteiger partial charge in [-0.15, -0.1) is 0 Å². The average molecular weight is 182 g/mol. The van der Waals surface area contributed by atoms with Gasteiger partial charge >= 0.3 is 0 Å². The van der Waals surface area contributed by atoms with E-state index in [1.54, 1.807) is 0 Å². The molecule has 14 heavy (non-hydrogen) atoms.